The molecule has 1 unspecified atom stereocenters. The molecule has 0 aliphatic rings. The first kappa shape index (κ1) is 13.1. The van der Waals surface area contributed by atoms with E-state index in [0.717, 1.165) is 18.8 Å². The quantitative estimate of drug-likeness (QED) is 0.548. The normalized spacial score (nSPS) is 13.0. The zero-order chi connectivity index (χ0) is 11.8. The Bertz CT molecular complexity index is 270. The highest BCUT2D eigenvalue weighted by atomic mass is 15.2. The van der Waals surface area contributed by atoms with E-state index in [1.807, 2.05) is 12.3 Å². The van der Waals surface area contributed by atoms with Gasteiger partial charge in [-0.05, 0) is 30.4 Å². The maximum absolute atomic E-state index is 5.61. The topological polar surface area (TPSA) is 50.9 Å². The Balaban J connectivity index is 2.49. The van der Waals surface area contributed by atoms with Gasteiger partial charge in [-0.3, -0.25) is 16.3 Å². The van der Waals surface area contributed by atoms with Crippen LogP contribution >= 0.6 is 0 Å². The van der Waals surface area contributed by atoms with Gasteiger partial charge in [-0.15, -0.1) is 0 Å². The smallest absolute Gasteiger partial charge is 0.0300 e. The molecule has 3 nitrogen and oxygen atoms in total. The molecule has 1 aromatic rings. The summed E-state index contributed by atoms with van der Waals surface area (Å²) in [4.78, 5) is 4.12. The highest BCUT2D eigenvalue weighted by Crippen LogP contribution is 2.16. The molecular weight excluding hydrogens is 198 g/mol. The van der Waals surface area contributed by atoms with Crippen LogP contribution in [0.1, 0.15) is 38.7 Å². The summed E-state index contributed by atoms with van der Waals surface area (Å²) in [6.07, 6.45) is 8.26. The molecule has 0 aliphatic heterocycles. The summed E-state index contributed by atoms with van der Waals surface area (Å²) < 4.78 is 0. The van der Waals surface area contributed by atoms with Crippen molar-refractivity contribution < 1.29 is 0 Å². The monoisotopic (exact) mass is 221 g/mol. The van der Waals surface area contributed by atoms with Gasteiger partial charge < -0.3 is 0 Å². The van der Waals surface area contributed by atoms with Crippen molar-refractivity contribution in [2.45, 2.75) is 45.6 Å². The zero-order valence-electron chi connectivity index (χ0n) is 10.3. The van der Waals surface area contributed by atoms with E-state index in [9.17, 15) is 0 Å². The van der Waals surface area contributed by atoms with Crippen LogP contribution < -0.4 is 11.3 Å². The lowest BCUT2D eigenvalue weighted by Crippen LogP contribution is -2.38. The van der Waals surface area contributed by atoms with Crippen molar-refractivity contribution in [3.63, 3.8) is 0 Å². The van der Waals surface area contributed by atoms with Gasteiger partial charge in [-0.1, -0.05) is 32.8 Å². The number of hydrogen-bond acceptors (Lipinski definition) is 3. The number of hydrazine groups is 1. The van der Waals surface area contributed by atoms with E-state index in [1.54, 1.807) is 6.20 Å². The van der Waals surface area contributed by atoms with E-state index in [2.05, 4.69) is 30.3 Å². The van der Waals surface area contributed by atoms with Gasteiger partial charge in [0.25, 0.3) is 0 Å². The molecule has 0 fully saturated rings. The minimum Gasteiger partial charge on any atom is -0.271 e. The van der Waals surface area contributed by atoms with Gasteiger partial charge in [-0.25, -0.2) is 0 Å². The van der Waals surface area contributed by atoms with Gasteiger partial charge in [0.2, 0.25) is 0 Å². The van der Waals surface area contributed by atoms with Gasteiger partial charge >= 0.3 is 0 Å². The van der Waals surface area contributed by atoms with Crippen LogP contribution in [0.3, 0.4) is 0 Å². The van der Waals surface area contributed by atoms with Crippen LogP contribution in [0.4, 0.5) is 0 Å². The van der Waals surface area contributed by atoms with Crippen molar-refractivity contribution >= 4 is 0 Å². The Kier molecular flexibility index (Phi) is 6.04. The Morgan fingerprint density at radius 3 is 2.62 bits per heavy atom. The summed E-state index contributed by atoms with van der Waals surface area (Å²) in [7, 11) is 0. The van der Waals surface area contributed by atoms with Crippen molar-refractivity contribution in [1.29, 1.82) is 0 Å². The number of nitrogens with one attached hydrogen (secondary N) is 1. The molecule has 1 aromatic heterocycles. The fraction of sp³-hybridized carbons (Fsp3) is 0.615. The number of pyridine rings is 1. The largest absolute Gasteiger partial charge is 0.271 e. The number of nitrogens with two attached hydrogens (primary N) is 1. The third kappa shape index (κ3) is 4.29. The molecule has 0 saturated carbocycles. The molecule has 1 heterocycles. The predicted octanol–water partition coefficient (Wildman–Crippen LogP) is 2.28. The van der Waals surface area contributed by atoms with E-state index in [-0.39, 0.29) is 0 Å². The first-order valence-electron chi connectivity index (χ1n) is 6.15. The minimum absolute atomic E-state index is 0.356. The molecule has 1 rings (SSSR count). The molecule has 0 radical (unpaired) electrons. The van der Waals surface area contributed by atoms with Crippen LogP contribution in [0.25, 0.3) is 0 Å². The lowest BCUT2D eigenvalue weighted by molar-refractivity contribution is 0.366. The van der Waals surface area contributed by atoms with Gasteiger partial charge in [0.15, 0.2) is 0 Å². The Morgan fingerprint density at radius 1 is 1.38 bits per heavy atom. The number of rotatable bonds is 7. The molecule has 16 heavy (non-hydrogen) atoms. The second-order valence-electron chi connectivity index (χ2n) is 4.35. The van der Waals surface area contributed by atoms with E-state index in [1.165, 1.54) is 18.4 Å². The molecular formula is C13H23N3. The fourth-order valence-corrected chi connectivity index (χ4v) is 2.04. The van der Waals surface area contributed by atoms with Crippen LogP contribution in [0.2, 0.25) is 0 Å². The van der Waals surface area contributed by atoms with Crippen LogP contribution in [-0.4, -0.2) is 11.0 Å². The highest BCUT2D eigenvalue weighted by Gasteiger charge is 2.13. The lowest BCUT2D eigenvalue weighted by Gasteiger charge is -2.21. The van der Waals surface area contributed by atoms with Crippen molar-refractivity contribution in [1.82, 2.24) is 10.4 Å². The van der Waals surface area contributed by atoms with E-state index in [4.69, 9.17) is 5.84 Å². The second kappa shape index (κ2) is 7.36. The van der Waals surface area contributed by atoms with Crippen molar-refractivity contribution in [2.75, 3.05) is 0 Å². The number of nitrogens with zero attached hydrogens (tertiary/aromatic N) is 1. The Hall–Kier alpha value is -0.930. The average molecular weight is 221 g/mol. The maximum atomic E-state index is 5.61. The number of hydrogen-bond donors (Lipinski definition) is 2. The SMILES string of the molecule is CCC(CC)CC(Cc1cccnc1)NN. The van der Waals surface area contributed by atoms with E-state index >= 15 is 0 Å². The lowest BCUT2D eigenvalue weighted by atomic mass is 9.92. The van der Waals surface area contributed by atoms with E-state index in [0.29, 0.717) is 6.04 Å². The van der Waals surface area contributed by atoms with Gasteiger partial charge in [0.05, 0.1) is 0 Å². The molecule has 3 heteroatoms. The highest BCUT2D eigenvalue weighted by molar-refractivity contribution is 5.10. The molecule has 0 saturated heterocycles. The summed E-state index contributed by atoms with van der Waals surface area (Å²) in [5, 5.41) is 0. The van der Waals surface area contributed by atoms with Crippen LogP contribution in [0.15, 0.2) is 24.5 Å². The van der Waals surface area contributed by atoms with Gasteiger partial charge in [-0.2, -0.15) is 0 Å². The molecule has 0 amide bonds. The maximum Gasteiger partial charge on any atom is 0.0300 e. The summed E-state index contributed by atoms with van der Waals surface area (Å²) >= 11 is 0. The average Bonchev–Trinajstić information content (AvgIpc) is 2.35. The molecule has 0 spiro atoms. The first-order valence-corrected chi connectivity index (χ1v) is 6.15. The Labute approximate surface area is 98.4 Å². The number of aromatic nitrogens is 1. The molecule has 3 N–H and O–H groups in total. The minimum atomic E-state index is 0.356. The third-order valence-electron chi connectivity index (χ3n) is 3.21. The third-order valence-corrected chi connectivity index (χ3v) is 3.21. The molecule has 0 bridgehead atoms. The van der Waals surface area contributed by atoms with Crippen LogP contribution in [-0.2, 0) is 6.42 Å². The van der Waals surface area contributed by atoms with Gasteiger partial charge in [0, 0.05) is 18.4 Å². The summed E-state index contributed by atoms with van der Waals surface area (Å²) in [5.74, 6) is 6.37. The zero-order valence-corrected chi connectivity index (χ0v) is 10.3. The molecule has 0 aliphatic carbocycles. The summed E-state index contributed by atoms with van der Waals surface area (Å²) in [6.45, 7) is 4.48. The van der Waals surface area contributed by atoms with Gasteiger partial charge in [0.1, 0.15) is 0 Å². The molecule has 0 aromatic carbocycles. The van der Waals surface area contributed by atoms with Crippen molar-refractivity contribution in [3.05, 3.63) is 30.1 Å². The fourth-order valence-electron chi connectivity index (χ4n) is 2.04. The first-order chi connectivity index (χ1) is 7.80. The van der Waals surface area contributed by atoms with Crippen LogP contribution in [0.5, 0.6) is 0 Å². The summed E-state index contributed by atoms with van der Waals surface area (Å²) in [5.41, 5.74) is 4.17. The van der Waals surface area contributed by atoms with Crippen molar-refractivity contribution in [2.24, 2.45) is 11.8 Å². The summed E-state index contributed by atoms with van der Waals surface area (Å²) in [6, 6.07) is 4.43. The predicted molar refractivity (Wildman–Crippen MR) is 67.7 cm³/mol. The van der Waals surface area contributed by atoms with Crippen LogP contribution in [0, 0.1) is 5.92 Å². The van der Waals surface area contributed by atoms with E-state index < -0.39 is 0 Å². The Morgan fingerprint density at radius 2 is 2.12 bits per heavy atom. The van der Waals surface area contributed by atoms with Crippen molar-refractivity contribution in [3.8, 4) is 0 Å². The standard InChI is InChI=1S/C13H23N3/c1-3-11(4-2)8-13(16-14)9-12-6-5-7-15-10-12/h5-7,10-11,13,16H,3-4,8-9,14H2,1-2H3. The molecule has 90 valence electrons. The second-order valence-corrected chi connectivity index (χ2v) is 4.35. The molecule has 1 atom stereocenters.